The van der Waals surface area contributed by atoms with Gasteiger partial charge in [-0.25, -0.2) is 0 Å². The molecule has 1 rings (SSSR count). The van der Waals surface area contributed by atoms with Crippen LogP contribution in [0.1, 0.15) is 106 Å². The van der Waals surface area contributed by atoms with E-state index in [1.165, 1.54) is 51.8 Å². The van der Waals surface area contributed by atoms with Crippen LogP contribution in [0.25, 0.3) is 0 Å². The van der Waals surface area contributed by atoms with Gasteiger partial charge < -0.3 is 0 Å². The molecule has 1 heterocycles. The second kappa shape index (κ2) is 12.8. The number of allylic oxidation sites excluding steroid dienone is 1. The van der Waals surface area contributed by atoms with Crippen LogP contribution in [0.15, 0.2) is 9.56 Å². The first-order valence-corrected chi connectivity index (χ1v) is 19.6. The van der Waals surface area contributed by atoms with Crippen molar-refractivity contribution in [1.29, 1.82) is 5.26 Å². The molecule has 0 bridgehead atoms. The summed E-state index contributed by atoms with van der Waals surface area (Å²) in [6.07, 6.45) is 10.6. The van der Waals surface area contributed by atoms with Crippen LogP contribution in [0.4, 0.5) is 0 Å². The van der Waals surface area contributed by atoms with Crippen molar-refractivity contribution in [2.45, 2.75) is 131 Å². The molecule has 1 saturated heterocycles. The van der Waals surface area contributed by atoms with E-state index < -0.39 is 18.4 Å². The van der Waals surface area contributed by atoms with Crippen LogP contribution in [0.5, 0.6) is 0 Å². The topological polar surface area (TPSA) is 42.2 Å². The van der Waals surface area contributed by atoms with Crippen molar-refractivity contribution in [1.82, 2.24) is 0 Å². The molecule has 0 atom stereocenters. The van der Waals surface area contributed by atoms with Gasteiger partial charge in [-0.2, -0.15) is 0 Å². The second-order valence-electron chi connectivity index (χ2n) is 9.92. The summed E-state index contributed by atoms with van der Waals surface area (Å²) in [7, 11) is -0.238. The molecular formula is C24H46BNO2Sn. The van der Waals surface area contributed by atoms with E-state index in [0.29, 0.717) is 6.42 Å². The molecule has 166 valence electrons. The van der Waals surface area contributed by atoms with E-state index in [0.717, 1.165) is 12.8 Å². The normalized spacial score (nSPS) is 18.8. The molecule has 1 aliphatic rings. The molecule has 0 radical (unpaired) electrons. The first-order valence-electron chi connectivity index (χ1n) is 12.1. The van der Waals surface area contributed by atoms with Gasteiger partial charge >= 0.3 is 186 Å². The van der Waals surface area contributed by atoms with Crippen molar-refractivity contribution in [3.8, 4) is 6.07 Å². The minimum absolute atomic E-state index is 0.238. The van der Waals surface area contributed by atoms with E-state index in [1.807, 2.05) is 0 Å². The average molecular weight is 510 g/mol. The fourth-order valence-electron chi connectivity index (χ4n) is 4.41. The molecule has 0 aliphatic carbocycles. The van der Waals surface area contributed by atoms with Crippen molar-refractivity contribution in [3.05, 3.63) is 9.56 Å². The van der Waals surface area contributed by atoms with Crippen molar-refractivity contribution in [3.63, 3.8) is 0 Å². The Bertz CT molecular complexity index is 516. The Balaban J connectivity index is 3.29. The standard InChI is InChI=1S/C12H19BNO2.3C4H9.Sn/c1-11(2)12(3,4)16-13(15-11)9-7-5-6-8-10-14;3*1-3-4-2;/h9H,5-6,8H2,1-4H3;3*1,3-4H2,2H3;. The van der Waals surface area contributed by atoms with Gasteiger partial charge in [-0.15, -0.1) is 0 Å². The molecular weight excluding hydrogens is 464 g/mol. The molecule has 0 saturated carbocycles. The van der Waals surface area contributed by atoms with E-state index in [9.17, 15) is 0 Å². The van der Waals surface area contributed by atoms with Gasteiger partial charge in [0.25, 0.3) is 0 Å². The molecule has 3 nitrogen and oxygen atoms in total. The molecule has 0 amide bonds. The second-order valence-corrected chi connectivity index (χ2v) is 23.3. The predicted octanol–water partition coefficient (Wildman–Crippen LogP) is 7.63. The maximum atomic E-state index is 9.13. The summed E-state index contributed by atoms with van der Waals surface area (Å²) in [5.74, 6) is 2.39. The Morgan fingerprint density at radius 1 is 0.862 bits per heavy atom. The molecule has 0 aromatic heterocycles. The summed E-state index contributed by atoms with van der Waals surface area (Å²) >= 11 is -2.54. The van der Waals surface area contributed by atoms with Gasteiger partial charge in [-0.1, -0.05) is 0 Å². The third-order valence-corrected chi connectivity index (χ3v) is 23.4. The van der Waals surface area contributed by atoms with Crippen molar-refractivity contribution >= 4 is 25.5 Å². The third-order valence-electron chi connectivity index (χ3n) is 7.05. The zero-order valence-corrected chi connectivity index (χ0v) is 23.3. The Morgan fingerprint density at radius 3 is 1.69 bits per heavy atom. The van der Waals surface area contributed by atoms with Crippen LogP contribution < -0.4 is 0 Å². The first-order chi connectivity index (χ1) is 13.7. The first kappa shape index (κ1) is 27.0. The van der Waals surface area contributed by atoms with Gasteiger partial charge in [-0.3, -0.25) is 0 Å². The van der Waals surface area contributed by atoms with Crippen molar-refractivity contribution in [2.75, 3.05) is 0 Å². The zero-order chi connectivity index (χ0) is 22.0. The number of rotatable bonds is 14. The minimum atomic E-state index is -2.54. The van der Waals surface area contributed by atoms with Crippen LogP contribution in [-0.2, 0) is 9.31 Å². The Kier molecular flexibility index (Phi) is 11.9. The Hall–Kier alpha value is 0.0136. The summed E-state index contributed by atoms with van der Waals surface area (Å²) in [5.41, 5.74) is -0.583. The van der Waals surface area contributed by atoms with E-state index in [1.54, 1.807) is 3.59 Å². The van der Waals surface area contributed by atoms with Crippen LogP contribution >= 0.6 is 0 Å². The fourth-order valence-corrected chi connectivity index (χ4v) is 21.5. The van der Waals surface area contributed by atoms with E-state index in [-0.39, 0.29) is 18.3 Å². The van der Waals surface area contributed by atoms with Crippen LogP contribution in [-0.4, -0.2) is 36.7 Å². The van der Waals surface area contributed by atoms with Gasteiger partial charge in [0.2, 0.25) is 0 Å². The number of nitriles is 1. The Morgan fingerprint density at radius 2 is 1.31 bits per heavy atom. The molecule has 0 N–H and O–H groups in total. The summed E-state index contributed by atoms with van der Waals surface area (Å²) in [4.78, 5) is 0. The van der Waals surface area contributed by atoms with Gasteiger partial charge in [0.1, 0.15) is 0 Å². The molecule has 0 unspecified atom stereocenters. The molecule has 0 aromatic rings. The van der Waals surface area contributed by atoms with Crippen molar-refractivity contribution < 1.29 is 9.31 Å². The fraction of sp³-hybridized carbons (Fsp3) is 0.875. The van der Waals surface area contributed by atoms with Crippen LogP contribution in [0.3, 0.4) is 0 Å². The number of hydrogen-bond donors (Lipinski definition) is 0. The maximum absolute atomic E-state index is 9.13. The Labute approximate surface area is 186 Å². The molecule has 1 aliphatic heterocycles. The number of nitrogens with zero attached hydrogens (tertiary/aromatic N) is 1. The van der Waals surface area contributed by atoms with E-state index in [2.05, 4.69) is 60.5 Å². The number of unbranched alkanes of at least 4 members (excludes halogenated alkanes) is 4. The van der Waals surface area contributed by atoms with Gasteiger partial charge in [0.15, 0.2) is 0 Å². The average Bonchev–Trinajstić information content (AvgIpc) is 2.87. The molecule has 0 spiro atoms. The van der Waals surface area contributed by atoms with Crippen LogP contribution in [0.2, 0.25) is 13.3 Å². The molecule has 29 heavy (non-hydrogen) atoms. The molecule has 1 fully saturated rings. The SMILES string of the molecule is CCC[CH2][Sn]([CH2]CCC)([CH2]CCC)/[C](=C\B1OC(C)(C)C(C)(C)O1)CCCC#N. The zero-order valence-electron chi connectivity index (χ0n) is 20.4. The number of hydrogen-bond acceptors (Lipinski definition) is 3. The molecule has 5 heteroatoms. The third kappa shape index (κ3) is 7.89. The van der Waals surface area contributed by atoms with Gasteiger partial charge in [0, 0.05) is 0 Å². The molecule has 0 aromatic carbocycles. The predicted molar refractivity (Wildman–Crippen MR) is 129 cm³/mol. The van der Waals surface area contributed by atoms with Crippen LogP contribution in [0, 0.1) is 11.3 Å². The van der Waals surface area contributed by atoms with Crippen molar-refractivity contribution in [2.24, 2.45) is 0 Å². The van der Waals surface area contributed by atoms with E-state index >= 15 is 0 Å². The summed E-state index contributed by atoms with van der Waals surface area (Å²) in [6, 6.07) is 2.36. The van der Waals surface area contributed by atoms with E-state index in [4.69, 9.17) is 14.6 Å². The quantitative estimate of drug-likeness (QED) is 0.178. The van der Waals surface area contributed by atoms with Gasteiger partial charge in [0.05, 0.1) is 0 Å². The summed E-state index contributed by atoms with van der Waals surface area (Å²) in [5, 5.41) is 9.13. The summed E-state index contributed by atoms with van der Waals surface area (Å²) in [6.45, 7) is 15.5. The summed E-state index contributed by atoms with van der Waals surface area (Å²) < 4.78 is 18.8. The van der Waals surface area contributed by atoms with Gasteiger partial charge in [-0.05, 0) is 0 Å². The monoisotopic (exact) mass is 511 g/mol.